The van der Waals surface area contributed by atoms with Crippen molar-refractivity contribution >= 4 is 22.5 Å². The third kappa shape index (κ3) is 4.15. The Morgan fingerprint density at radius 2 is 1.90 bits per heavy atom. The normalized spacial score (nSPS) is 15.2. The van der Waals surface area contributed by atoms with Crippen LogP contribution in [0, 0.1) is 0 Å². The van der Waals surface area contributed by atoms with Gasteiger partial charge < -0.3 is 10.1 Å². The van der Waals surface area contributed by atoms with Crippen LogP contribution in [-0.4, -0.2) is 46.7 Å². The van der Waals surface area contributed by atoms with Crippen molar-refractivity contribution in [2.75, 3.05) is 26.2 Å². The van der Waals surface area contributed by atoms with E-state index in [4.69, 9.17) is 21.3 Å². The van der Waals surface area contributed by atoms with Crippen LogP contribution in [-0.2, 0) is 6.54 Å². The number of nitrogens with one attached hydrogen (secondary N) is 1. The van der Waals surface area contributed by atoms with Crippen LogP contribution in [0.1, 0.15) is 19.7 Å². The zero-order chi connectivity index (χ0) is 20.4. The molecule has 0 radical (unpaired) electrons. The molecule has 1 saturated heterocycles. The summed E-state index contributed by atoms with van der Waals surface area (Å²) in [6, 6.07) is 13.0. The van der Waals surface area contributed by atoms with Gasteiger partial charge in [-0.15, -0.1) is 0 Å². The Kier molecular flexibility index (Phi) is 5.85. The summed E-state index contributed by atoms with van der Waals surface area (Å²) in [5, 5.41) is 4.19. The first-order valence-electron chi connectivity index (χ1n) is 9.94. The molecule has 0 saturated carbocycles. The van der Waals surface area contributed by atoms with Crippen LogP contribution in [0.25, 0.3) is 16.6 Å². The van der Waals surface area contributed by atoms with E-state index in [1.807, 2.05) is 50.2 Å². The molecule has 0 bridgehead atoms. The monoisotopic (exact) mass is 412 g/mol. The molecule has 0 atom stereocenters. The Bertz CT molecular complexity index is 1070. The Morgan fingerprint density at radius 3 is 2.66 bits per heavy atom. The predicted molar refractivity (Wildman–Crippen MR) is 116 cm³/mol. The first-order valence-corrected chi connectivity index (χ1v) is 10.3. The standard InChI is InChI=1S/C22H25ClN4O2/c1-15(2)29-19-9-4-3-8-18(19)27-20(14-26-12-10-24-11-13-26)25-17-7-5-6-16(23)21(17)22(27)28/h3-9,15,24H,10-14H2,1-2H3. The van der Waals surface area contributed by atoms with Crippen molar-refractivity contribution in [2.24, 2.45) is 0 Å². The van der Waals surface area contributed by atoms with E-state index in [0.717, 1.165) is 26.2 Å². The van der Waals surface area contributed by atoms with Crippen LogP contribution in [0.2, 0.25) is 5.02 Å². The maximum absolute atomic E-state index is 13.6. The van der Waals surface area contributed by atoms with Crippen LogP contribution in [0.5, 0.6) is 5.75 Å². The van der Waals surface area contributed by atoms with Gasteiger partial charge in [-0.25, -0.2) is 4.98 Å². The topological polar surface area (TPSA) is 59.4 Å². The number of halogens is 1. The molecule has 1 aliphatic rings. The molecule has 0 amide bonds. The van der Waals surface area contributed by atoms with Gasteiger partial charge in [-0.1, -0.05) is 29.8 Å². The number of benzene rings is 2. The van der Waals surface area contributed by atoms with Crippen LogP contribution in [0.4, 0.5) is 0 Å². The molecule has 2 heterocycles. The predicted octanol–water partition coefficient (Wildman–Crippen LogP) is 3.23. The smallest absolute Gasteiger partial charge is 0.267 e. The lowest BCUT2D eigenvalue weighted by atomic mass is 10.2. The van der Waals surface area contributed by atoms with E-state index in [1.165, 1.54) is 0 Å². The van der Waals surface area contributed by atoms with Crippen molar-refractivity contribution in [1.29, 1.82) is 0 Å². The van der Waals surface area contributed by atoms with E-state index < -0.39 is 0 Å². The lowest BCUT2D eigenvalue weighted by Crippen LogP contribution is -2.44. The molecule has 29 heavy (non-hydrogen) atoms. The Balaban J connectivity index is 1.93. The van der Waals surface area contributed by atoms with Crippen LogP contribution in [0.15, 0.2) is 47.3 Å². The summed E-state index contributed by atoms with van der Waals surface area (Å²) < 4.78 is 7.66. The molecule has 0 spiro atoms. The number of piperazine rings is 1. The molecule has 0 unspecified atom stereocenters. The number of hydrogen-bond acceptors (Lipinski definition) is 5. The number of aromatic nitrogens is 2. The van der Waals surface area contributed by atoms with Crippen molar-refractivity contribution in [3.63, 3.8) is 0 Å². The van der Waals surface area contributed by atoms with Gasteiger partial charge in [0.25, 0.3) is 5.56 Å². The molecule has 152 valence electrons. The van der Waals surface area contributed by atoms with Crippen LogP contribution < -0.4 is 15.6 Å². The SMILES string of the molecule is CC(C)Oc1ccccc1-n1c(CN2CCNCC2)nc2cccc(Cl)c2c1=O. The third-order valence-corrected chi connectivity index (χ3v) is 5.27. The minimum absolute atomic E-state index is 0.0134. The van der Waals surface area contributed by atoms with E-state index in [9.17, 15) is 4.79 Å². The lowest BCUT2D eigenvalue weighted by molar-refractivity contribution is 0.225. The van der Waals surface area contributed by atoms with E-state index in [1.54, 1.807) is 10.6 Å². The van der Waals surface area contributed by atoms with Crippen molar-refractivity contribution in [2.45, 2.75) is 26.5 Å². The highest BCUT2D eigenvalue weighted by Crippen LogP contribution is 2.26. The van der Waals surface area contributed by atoms with E-state index >= 15 is 0 Å². The first-order chi connectivity index (χ1) is 14.0. The number of hydrogen-bond donors (Lipinski definition) is 1. The summed E-state index contributed by atoms with van der Waals surface area (Å²) in [5.41, 5.74) is 1.13. The molecule has 6 nitrogen and oxygen atoms in total. The summed E-state index contributed by atoms with van der Waals surface area (Å²) in [7, 11) is 0. The molecule has 1 aliphatic heterocycles. The minimum atomic E-state index is -0.175. The van der Waals surface area contributed by atoms with Gasteiger partial charge in [0.05, 0.1) is 34.3 Å². The largest absolute Gasteiger partial charge is 0.489 e. The van der Waals surface area contributed by atoms with Gasteiger partial charge in [-0.3, -0.25) is 14.3 Å². The average Bonchev–Trinajstić information content (AvgIpc) is 2.69. The maximum atomic E-state index is 13.6. The average molecular weight is 413 g/mol. The number of nitrogens with zero attached hydrogens (tertiary/aromatic N) is 3. The minimum Gasteiger partial charge on any atom is -0.489 e. The molecule has 0 aliphatic carbocycles. The molecule has 4 rings (SSSR count). The van der Waals surface area contributed by atoms with Crippen LogP contribution in [0.3, 0.4) is 0 Å². The maximum Gasteiger partial charge on any atom is 0.267 e. The van der Waals surface area contributed by atoms with Gasteiger partial charge in [0, 0.05) is 26.2 Å². The fourth-order valence-electron chi connectivity index (χ4n) is 3.65. The molecule has 2 aromatic carbocycles. The molecule has 1 N–H and O–H groups in total. The fourth-order valence-corrected chi connectivity index (χ4v) is 3.91. The number of para-hydroxylation sites is 2. The summed E-state index contributed by atoms with van der Waals surface area (Å²) >= 11 is 6.39. The number of ether oxygens (including phenoxy) is 1. The highest BCUT2D eigenvalue weighted by atomic mass is 35.5. The summed E-state index contributed by atoms with van der Waals surface area (Å²) in [6.07, 6.45) is -0.0134. The third-order valence-electron chi connectivity index (χ3n) is 4.96. The Morgan fingerprint density at radius 1 is 1.14 bits per heavy atom. The molecular formula is C22H25ClN4O2. The van der Waals surface area contributed by atoms with Crippen molar-refractivity contribution < 1.29 is 4.74 Å². The van der Waals surface area contributed by atoms with Gasteiger partial charge in [-0.2, -0.15) is 0 Å². The highest BCUT2D eigenvalue weighted by molar-refractivity contribution is 6.35. The first kappa shape index (κ1) is 19.9. The van der Waals surface area contributed by atoms with Crippen molar-refractivity contribution in [1.82, 2.24) is 19.8 Å². The number of rotatable bonds is 5. The molecule has 7 heteroatoms. The number of fused-ring (bicyclic) bond motifs is 1. The molecule has 3 aromatic rings. The zero-order valence-electron chi connectivity index (χ0n) is 16.7. The quantitative estimate of drug-likeness (QED) is 0.697. The zero-order valence-corrected chi connectivity index (χ0v) is 17.4. The van der Waals surface area contributed by atoms with Gasteiger partial charge in [0.2, 0.25) is 0 Å². The second kappa shape index (κ2) is 8.53. The molecular weight excluding hydrogens is 388 g/mol. The summed E-state index contributed by atoms with van der Waals surface area (Å²) in [4.78, 5) is 20.8. The second-order valence-electron chi connectivity index (χ2n) is 7.46. The fraction of sp³-hybridized carbons (Fsp3) is 0.364. The molecule has 1 aromatic heterocycles. The van der Waals surface area contributed by atoms with Crippen molar-refractivity contribution in [3.05, 3.63) is 63.7 Å². The van der Waals surface area contributed by atoms with Gasteiger partial charge in [-0.05, 0) is 38.1 Å². The van der Waals surface area contributed by atoms with Crippen molar-refractivity contribution in [3.8, 4) is 11.4 Å². The highest BCUT2D eigenvalue weighted by Gasteiger charge is 2.20. The molecule has 1 fully saturated rings. The lowest BCUT2D eigenvalue weighted by Gasteiger charge is -2.28. The van der Waals surface area contributed by atoms with Gasteiger partial charge >= 0.3 is 0 Å². The Hall–Kier alpha value is -2.41. The summed E-state index contributed by atoms with van der Waals surface area (Å²) in [5.74, 6) is 1.34. The van der Waals surface area contributed by atoms with Gasteiger partial charge in [0.1, 0.15) is 11.6 Å². The van der Waals surface area contributed by atoms with E-state index in [0.29, 0.717) is 39.7 Å². The van der Waals surface area contributed by atoms with E-state index in [-0.39, 0.29) is 11.7 Å². The van der Waals surface area contributed by atoms with Gasteiger partial charge in [0.15, 0.2) is 0 Å². The second-order valence-corrected chi connectivity index (χ2v) is 7.87. The summed E-state index contributed by atoms with van der Waals surface area (Å²) in [6.45, 7) is 8.19. The Labute approximate surface area is 175 Å². The van der Waals surface area contributed by atoms with Crippen LogP contribution >= 0.6 is 11.6 Å². The van der Waals surface area contributed by atoms with E-state index in [2.05, 4.69) is 10.2 Å².